The van der Waals surface area contributed by atoms with Gasteiger partial charge in [0.25, 0.3) is 0 Å². The van der Waals surface area contributed by atoms with E-state index >= 15 is 0 Å². The summed E-state index contributed by atoms with van der Waals surface area (Å²) in [6.07, 6.45) is 5.74. The van der Waals surface area contributed by atoms with Crippen LogP contribution in [0.1, 0.15) is 36.8 Å². The molecule has 5 unspecified atom stereocenters. The van der Waals surface area contributed by atoms with Crippen molar-refractivity contribution in [1.82, 2.24) is 0 Å². The number of hydrogen-bond donors (Lipinski definition) is 0. The molecule has 4 saturated carbocycles. The summed E-state index contributed by atoms with van der Waals surface area (Å²) in [7, 11) is 0. The summed E-state index contributed by atoms with van der Waals surface area (Å²) in [5, 5.41) is 5.08. The predicted octanol–water partition coefficient (Wildman–Crippen LogP) is 10.8. The number of hydrogen-bond acceptors (Lipinski definition) is 1. The average Bonchev–Trinajstić information content (AvgIpc) is 3.58. The molecule has 1 nitrogen and oxygen atoms in total. The van der Waals surface area contributed by atoms with Crippen LogP contribution < -0.4 is 4.90 Å². The zero-order valence-electron chi connectivity index (χ0n) is 23.7. The summed E-state index contributed by atoms with van der Waals surface area (Å²) in [4.78, 5) is 2.47. The Morgan fingerprint density at radius 2 is 1.07 bits per heavy atom. The van der Waals surface area contributed by atoms with Crippen molar-refractivity contribution in [2.75, 3.05) is 4.90 Å². The summed E-state index contributed by atoms with van der Waals surface area (Å²) < 4.78 is 0. The van der Waals surface area contributed by atoms with Crippen molar-refractivity contribution in [3.8, 4) is 11.1 Å². The summed E-state index contributed by atoms with van der Waals surface area (Å²) in [6.45, 7) is 0. The normalized spacial score (nSPS) is 26.3. The van der Waals surface area contributed by atoms with Crippen LogP contribution in [0.5, 0.6) is 0 Å². The van der Waals surface area contributed by atoms with E-state index in [0.29, 0.717) is 0 Å². The van der Waals surface area contributed by atoms with Gasteiger partial charge < -0.3 is 4.90 Å². The average molecular weight is 540 g/mol. The molecule has 4 fully saturated rings. The second kappa shape index (κ2) is 8.35. The Hall–Kier alpha value is -4.36. The SMILES string of the molecule is c1ccc2c(c1)-c1cc(N(c3ccc4ccccc4c3)c3ccc4ccccc4c3)ccc1C21C2CC3CC(C2)C1C3. The largest absolute Gasteiger partial charge is 0.310 e. The van der Waals surface area contributed by atoms with Crippen LogP contribution in [-0.2, 0) is 5.41 Å². The minimum Gasteiger partial charge on any atom is -0.310 e. The number of anilines is 3. The molecule has 0 saturated heterocycles. The highest BCUT2D eigenvalue weighted by Crippen LogP contribution is 2.73. The topological polar surface area (TPSA) is 3.24 Å². The van der Waals surface area contributed by atoms with E-state index in [2.05, 4.69) is 132 Å². The van der Waals surface area contributed by atoms with Gasteiger partial charge in [-0.3, -0.25) is 0 Å². The molecule has 6 aromatic rings. The minimum atomic E-state index is 0.221. The van der Waals surface area contributed by atoms with E-state index in [1.165, 1.54) is 75.4 Å². The summed E-state index contributed by atoms with van der Waals surface area (Å²) >= 11 is 0. The number of benzene rings is 6. The smallest absolute Gasteiger partial charge is 0.0468 e. The maximum absolute atomic E-state index is 2.54. The Bertz CT molecular complexity index is 1970. The molecule has 4 bridgehead atoms. The summed E-state index contributed by atoms with van der Waals surface area (Å²) in [5.74, 6) is 3.49. The molecule has 0 aromatic heterocycles. The molecule has 6 aromatic carbocycles. The predicted molar refractivity (Wildman–Crippen MR) is 175 cm³/mol. The van der Waals surface area contributed by atoms with Crippen molar-refractivity contribution in [3.63, 3.8) is 0 Å². The monoisotopic (exact) mass is 539 g/mol. The van der Waals surface area contributed by atoms with Gasteiger partial charge in [-0.25, -0.2) is 0 Å². The lowest BCUT2D eigenvalue weighted by molar-refractivity contribution is 0.191. The van der Waals surface area contributed by atoms with Crippen molar-refractivity contribution >= 4 is 38.6 Å². The van der Waals surface area contributed by atoms with E-state index in [1.54, 1.807) is 11.1 Å². The molecular weight excluding hydrogens is 506 g/mol. The maximum Gasteiger partial charge on any atom is 0.0468 e. The highest BCUT2D eigenvalue weighted by Gasteiger charge is 2.65. The van der Waals surface area contributed by atoms with E-state index in [9.17, 15) is 0 Å². The first-order valence-electron chi connectivity index (χ1n) is 15.8. The molecule has 5 atom stereocenters. The number of fused-ring (bicyclic) bond motifs is 5. The molecule has 1 spiro atoms. The molecule has 202 valence electrons. The van der Waals surface area contributed by atoms with Gasteiger partial charge in [0.05, 0.1) is 0 Å². The summed E-state index contributed by atoms with van der Waals surface area (Å²) in [6, 6.07) is 48.1. The van der Waals surface area contributed by atoms with Gasteiger partial charge in [-0.05, 0) is 130 Å². The van der Waals surface area contributed by atoms with Gasteiger partial charge in [0.15, 0.2) is 0 Å². The van der Waals surface area contributed by atoms with Gasteiger partial charge in [-0.15, -0.1) is 0 Å². The third-order valence-electron chi connectivity index (χ3n) is 11.6. The van der Waals surface area contributed by atoms with Crippen molar-refractivity contribution in [1.29, 1.82) is 0 Å². The zero-order chi connectivity index (χ0) is 27.4. The first-order valence-corrected chi connectivity index (χ1v) is 15.8. The lowest BCUT2D eigenvalue weighted by Crippen LogP contribution is -2.40. The van der Waals surface area contributed by atoms with Gasteiger partial charge >= 0.3 is 0 Å². The molecule has 0 amide bonds. The van der Waals surface area contributed by atoms with Crippen LogP contribution in [0.2, 0.25) is 0 Å². The lowest BCUT2D eigenvalue weighted by atomic mass is 9.59. The second-order valence-corrected chi connectivity index (χ2v) is 13.4. The third-order valence-corrected chi connectivity index (χ3v) is 11.6. The standard InChI is InChI=1S/C41H33N/c1-3-9-29-23-33(15-13-27(29)7-1)42(34-16-14-28-8-2-4-10-30(28)24-34)35-17-18-39-37(25-35)36-11-5-6-12-38(36)41(39)32-20-26-19-31(22-32)40(41)21-26/h1-18,23-26,31-32,40H,19-22H2. The zero-order valence-corrected chi connectivity index (χ0v) is 23.7. The summed E-state index contributed by atoms with van der Waals surface area (Å²) in [5.41, 5.74) is 10.0. The van der Waals surface area contributed by atoms with Crippen LogP contribution in [0.3, 0.4) is 0 Å². The first-order chi connectivity index (χ1) is 20.8. The van der Waals surface area contributed by atoms with E-state index in [0.717, 1.165) is 23.7 Å². The molecule has 0 N–H and O–H groups in total. The number of rotatable bonds is 3. The molecule has 5 aliphatic carbocycles. The maximum atomic E-state index is 2.54. The molecule has 0 heterocycles. The second-order valence-electron chi connectivity index (χ2n) is 13.4. The van der Waals surface area contributed by atoms with Crippen LogP contribution in [-0.4, -0.2) is 0 Å². The van der Waals surface area contributed by atoms with Gasteiger partial charge in [-0.2, -0.15) is 0 Å². The Kier molecular flexibility index (Phi) is 4.62. The van der Waals surface area contributed by atoms with Crippen molar-refractivity contribution in [2.45, 2.75) is 31.1 Å². The van der Waals surface area contributed by atoms with Gasteiger partial charge in [0.1, 0.15) is 0 Å². The highest BCUT2D eigenvalue weighted by atomic mass is 15.1. The lowest BCUT2D eigenvalue weighted by Gasteiger charge is -2.44. The van der Waals surface area contributed by atoms with Crippen molar-refractivity contribution in [3.05, 3.63) is 139 Å². The van der Waals surface area contributed by atoms with Gasteiger partial charge in [-0.1, -0.05) is 91.0 Å². The van der Waals surface area contributed by atoms with Crippen LogP contribution in [0, 0.1) is 23.7 Å². The van der Waals surface area contributed by atoms with E-state index in [-0.39, 0.29) is 5.41 Å². The Morgan fingerprint density at radius 3 is 1.79 bits per heavy atom. The molecule has 5 aliphatic rings. The molecule has 0 aliphatic heterocycles. The Balaban J connectivity index is 1.20. The van der Waals surface area contributed by atoms with E-state index < -0.39 is 0 Å². The van der Waals surface area contributed by atoms with Crippen LogP contribution in [0.25, 0.3) is 32.7 Å². The molecule has 0 radical (unpaired) electrons. The van der Waals surface area contributed by atoms with Crippen molar-refractivity contribution in [2.24, 2.45) is 23.7 Å². The van der Waals surface area contributed by atoms with Gasteiger partial charge in [0.2, 0.25) is 0 Å². The third kappa shape index (κ3) is 2.99. The molecule has 42 heavy (non-hydrogen) atoms. The van der Waals surface area contributed by atoms with Crippen LogP contribution >= 0.6 is 0 Å². The van der Waals surface area contributed by atoms with E-state index in [4.69, 9.17) is 0 Å². The fraction of sp³-hybridized carbons (Fsp3) is 0.220. The van der Waals surface area contributed by atoms with E-state index in [1.807, 2.05) is 0 Å². The van der Waals surface area contributed by atoms with Crippen LogP contribution in [0.4, 0.5) is 17.1 Å². The Morgan fingerprint density at radius 1 is 0.476 bits per heavy atom. The number of nitrogens with zero attached hydrogens (tertiary/aromatic N) is 1. The quantitative estimate of drug-likeness (QED) is 0.216. The molecule has 11 rings (SSSR count). The fourth-order valence-corrected chi connectivity index (χ4v) is 10.2. The molecule has 1 heteroatoms. The minimum absolute atomic E-state index is 0.221. The first kappa shape index (κ1) is 23.2. The van der Waals surface area contributed by atoms with Crippen molar-refractivity contribution < 1.29 is 0 Å². The fourth-order valence-electron chi connectivity index (χ4n) is 10.2. The Labute approximate surface area is 247 Å². The highest BCUT2D eigenvalue weighted by molar-refractivity contribution is 5.94. The van der Waals surface area contributed by atoms with Crippen LogP contribution in [0.15, 0.2) is 127 Å². The molecular formula is C41H33N. The van der Waals surface area contributed by atoms with Gasteiger partial charge in [0, 0.05) is 22.5 Å².